The van der Waals surface area contributed by atoms with Gasteiger partial charge in [0.1, 0.15) is 5.75 Å². The van der Waals surface area contributed by atoms with Crippen LogP contribution in [-0.2, 0) is 21.4 Å². The minimum Gasteiger partial charge on any atom is -0.484 e. The highest BCUT2D eigenvalue weighted by Crippen LogP contribution is 2.28. The van der Waals surface area contributed by atoms with E-state index in [4.69, 9.17) is 4.74 Å². The van der Waals surface area contributed by atoms with Crippen LogP contribution in [0.15, 0.2) is 95.9 Å². The van der Waals surface area contributed by atoms with Gasteiger partial charge in [0.25, 0.3) is 15.9 Å². The molecule has 0 spiro atoms. The first kappa shape index (κ1) is 28.9. The quantitative estimate of drug-likeness (QED) is 0.240. The van der Waals surface area contributed by atoms with Gasteiger partial charge < -0.3 is 10.1 Å². The molecule has 208 valence electrons. The second-order valence-corrected chi connectivity index (χ2v) is 12.0. The normalized spacial score (nSPS) is 12.0. The van der Waals surface area contributed by atoms with Gasteiger partial charge >= 0.3 is 0 Å². The molecule has 4 rings (SSSR count). The Morgan fingerprint density at radius 1 is 0.825 bits per heavy atom. The number of nitrogens with one attached hydrogen (secondary N) is 1. The molecule has 1 atom stereocenters. The molecule has 0 aliphatic heterocycles. The third kappa shape index (κ3) is 6.90. The van der Waals surface area contributed by atoms with Crippen molar-refractivity contribution in [2.45, 2.75) is 52.1 Å². The summed E-state index contributed by atoms with van der Waals surface area (Å²) < 4.78 is 34.5. The second kappa shape index (κ2) is 12.4. The second-order valence-electron chi connectivity index (χ2n) is 10.2. The number of benzene rings is 4. The van der Waals surface area contributed by atoms with Crippen LogP contribution in [0.4, 0.5) is 5.69 Å². The number of hydrogen-bond donors (Lipinski definition) is 1. The number of ether oxygens (including phenoxy) is 1. The Balaban J connectivity index is 1.47. The first-order valence-electron chi connectivity index (χ1n) is 13.3. The summed E-state index contributed by atoms with van der Waals surface area (Å²) in [4.78, 5) is 12.9. The Labute approximate surface area is 237 Å². The Morgan fingerprint density at radius 3 is 2.10 bits per heavy atom. The maximum atomic E-state index is 13.7. The Hall–Kier alpha value is -4.10. The first-order valence-corrected chi connectivity index (χ1v) is 14.7. The lowest BCUT2D eigenvalue weighted by molar-refractivity contribution is -0.123. The SMILES string of the molecule is Cc1ccc(S(=O)(=O)N(Cc2ccccc2)c2ccc(OCC(=O)N[C@H](C)c3cc(C)c(C)cc3C)cc2)cc1. The van der Waals surface area contributed by atoms with Crippen LogP contribution in [0.1, 0.15) is 46.3 Å². The average molecular weight is 557 g/mol. The highest BCUT2D eigenvalue weighted by atomic mass is 32.2. The molecule has 1 amide bonds. The van der Waals surface area contributed by atoms with E-state index in [9.17, 15) is 13.2 Å². The van der Waals surface area contributed by atoms with Crippen molar-refractivity contribution in [3.05, 3.63) is 124 Å². The van der Waals surface area contributed by atoms with E-state index >= 15 is 0 Å². The fourth-order valence-corrected chi connectivity index (χ4v) is 6.02. The third-order valence-electron chi connectivity index (χ3n) is 7.00. The molecule has 6 nitrogen and oxygen atoms in total. The average Bonchev–Trinajstić information content (AvgIpc) is 2.93. The molecule has 4 aromatic rings. The number of carbonyl (C=O) groups excluding carboxylic acids is 1. The molecule has 0 fully saturated rings. The van der Waals surface area contributed by atoms with Crippen LogP contribution in [0.25, 0.3) is 0 Å². The van der Waals surface area contributed by atoms with E-state index in [0.717, 1.165) is 22.3 Å². The predicted molar refractivity (Wildman–Crippen MR) is 160 cm³/mol. The van der Waals surface area contributed by atoms with Crippen LogP contribution in [0.3, 0.4) is 0 Å². The van der Waals surface area contributed by atoms with Crippen molar-refractivity contribution in [3.63, 3.8) is 0 Å². The van der Waals surface area contributed by atoms with Crippen molar-refractivity contribution in [3.8, 4) is 5.75 Å². The molecular formula is C33H36N2O4S. The lowest BCUT2D eigenvalue weighted by Crippen LogP contribution is -2.31. The topological polar surface area (TPSA) is 75.7 Å². The molecule has 0 unspecified atom stereocenters. The number of aryl methyl sites for hydroxylation is 4. The number of rotatable bonds is 10. The van der Waals surface area contributed by atoms with Crippen LogP contribution in [0.5, 0.6) is 5.75 Å². The van der Waals surface area contributed by atoms with E-state index in [-0.39, 0.29) is 30.0 Å². The summed E-state index contributed by atoms with van der Waals surface area (Å²) in [6.45, 7) is 10.1. The number of nitrogens with zero attached hydrogens (tertiary/aromatic N) is 1. The molecule has 7 heteroatoms. The summed E-state index contributed by atoms with van der Waals surface area (Å²) in [5.41, 5.74) is 6.97. The molecule has 0 radical (unpaired) electrons. The Kier molecular flexibility index (Phi) is 8.95. The Bertz CT molecular complexity index is 1570. The van der Waals surface area contributed by atoms with Gasteiger partial charge in [-0.05, 0) is 98.8 Å². The standard InChI is InChI=1S/C33H36N2O4S/c1-23-11-17-31(18-12-23)40(37,38)35(21-28-9-7-6-8-10-28)29-13-15-30(16-14-29)39-22-33(36)34-27(5)32-20-25(3)24(2)19-26(32)4/h6-20,27H,21-22H2,1-5H3,(H,34,36)/t27-/m1/s1. The van der Waals surface area contributed by atoms with Crippen molar-refractivity contribution < 1.29 is 17.9 Å². The van der Waals surface area contributed by atoms with Gasteiger partial charge in [-0.25, -0.2) is 8.42 Å². The van der Waals surface area contributed by atoms with E-state index < -0.39 is 10.0 Å². The van der Waals surface area contributed by atoms with Crippen LogP contribution in [0.2, 0.25) is 0 Å². The minimum atomic E-state index is -3.83. The van der Waals surface area contributed by atoms with Gasteiger partial charge in [-0.2, -0.15) is 0 Å². The van der Waals surface area contributed by atoms with Crippen molar-refractivity contribution in [2.75, 3.05) is 10.9 Å². The zero-order chi connectivity index (χ0) is 28.9. The first-order chi connectivity index (χ1) is 19.0. The maximum Gasteiger partial charge on any atom is 0.264 e. The molecular weight excluding hydrogens is 520 g/mol. The Morgan fingerprint density at radius 2 is 1.45 bits per heavy atom. The van der Waals surface area contributed by atoms with E-state index in [2.05, 4.69) is 31.3 Å². The zero-order valence-electron chi connectivity index (χ0n) is 23.6. The lowest BCUT2D eigenvalue weighted by atomic mass is 9.96. The van der Waals surface area contributed by atoms with Crippen molar-refractivity contribution in [1.29, 1.82) is 0 Å². The van der Waals surface area contributed by atoms with E-state index in [0.29, 0.717) is 11.4 Å². The summed E-state index contributed by atoms with van der Waals surface area (Å²) in [5, 5.41) is 3.00. The molecule has 40 heavy (non-hydrogen) atoms. The van der Waals surface area contributed by atoms with Gasteiger partial charge in [-0.1, -0.05) is 60.2 Å². The maximum absolute atomic E-state index is 13.7. The fraction of sp³-hybridized carbons (Fsp3) is 0.242. The van der Waals surface area contributed by atoms with Crippen LogP contribution in [-0.4, -0.2) is 20.9 Å². The third-order valence-corrected chi connectivity index (χ3v) is 8.79. The van der Waals surface area contributed by atoms with Crippen molar-refractivity contribution >= 4 is 21.6 Å². The number of hydrogen-bond acceptors (Lipinski definition) is 4. The summed E-state index contributed by atoms with van der Waals surface area (Å²) in [6, 6.07) is 27.1. The summed E-state index contributed by atoms with van der Waals surface area (Å²) in [5.74, 6) is 0.239. The minimum absolute atomic E-state index is 0.150. The van der Waals surface area contributed by atoms with E-state index in [1.807, 2.05) is 51.1 Å². The van der Waals surface area contributed by atoms with Gasteiger partial charge in [0, 0.05) is 0 Å². The largest absolute Gasteiger partial charge is 0.484 e. The molecule has 0 bridgehead atoms. The van der Waals surface area contributed by atoms with Crippen LogP contribution < -0.4 is 14.4 Å². The molecule has 4 aromatic carbocycles. The highest BCUT2D eigenvalue weighted by Gasteiger charge is 2.25. The highest BCUT2D eigenvalue weighted by molar-refractivity contribution is 7.92. The summed E-state index contributed by atoms with van der Waals surface area (Å²) in [6.07, 6.45) is 0. The molecule has 0 saturated heterocycles. The van der Waals surface area contributed by atoms with Gasteiger partial charge in [0.15, 0.2) is 6.61 Å². The molecule has 0 aliphatic carbocycles. The summed E-state index contributed by atoms with van der Waals surface area (Å²) in [7, 11) is -3.83. The van der Waals surface area contributed by atoms with Gasteiger partial charge in [0.2, 0.25) is 0 Å². The molecule has 1 N–H and O–H groups in total. The van der Waals surface area contributed by atoms with E-state index in [1.54, 1.807) is 48.5 Å². The van der Waals surface area contributed by atoms with Gasteiger partial charge in [0.05, 0.1) is 23.2 Å². The number of carbonyl (C=O) groups is 1. The number of amides is 1. The number of anilines is 1. The molecule has 0 aromatic heterocycles. The van der Waals surface area contributed by atoms with Gasteiger partial charge in [-0.15, -0.1) is 0 Å². The molecule has 0 heterocycles. The van der Waals surface area contributed by atoms with Crippen molar-refractivity contribution in [2.24, 2.45) is 0 Å². The van der Waals surface area contributed by atoms with Crippen LogP contribution in [0, 0.1) is 27.7 Å². The van der Waals surface area contributed by atoms with Crippen LogP contribution >= 0.6 is 0 Å². The number of sulfonamides is 1. The predicted octanol–water partition coefficient (Wildman–Crippen LogP) is 6.57. The van der Waals surface area contributed by atoms with Crippen molar-refractivity contribution in [1.82, 2.24) is 5.32 Å². The zero-order valence-corrected chi connectivity index (χ0v) is 24.5. The van der Waals surface area contributed by atoms with Gasteiger partial charge in [-0.3, -0.25) is 9.10 Å². The lowest BCUT2D eigenvalue weighted by Gasteiger charge is -2.25. The molecule has 0 saturated carbocycles. The fourth-order valence-electron chi connectivity index (χ4n) is 4.57. The van der Waals surface area contributed by atoms with E-state index in [1.165, 1.54) is 15.4 Å². The smallest absolute Gasteiger partial charge is 0.264 e. The monoisotopic (exact) mass is 556 g/mol. The summed E-state index contributed by atoms with van der Waals surface area (Å²) >= 11 is 0. The molecule has 0 aliphatic rings.